The maximum Gasteiger partial charge on any atom is 0.161 e. The number of fused-ring (bicyclic) bond motifs is 1. The first-order valence-electron chi connectivity index (χ1n) is 6.18. The van der Waals surface area contributed by atoms with E-state index >= 15 is 0 Å². The van der Waals surface area contributed by atoms with Crippen LogP contribution in [0.5, 0.6) is 5.75 Å². The number of nitrogens with one attached hydrogen (secondary N) is 1. The fourth-order valence-electron chi connectivity index (χ4n) is 2.66. The number of aromatic nitrogens is 2. The van der Waals surface area contributed by atoms with Gasteiger partial charge in [0.25, 0.3) is 0 Å². The summed E-state index contributed by atoms with van der Waals surface area (Å²) in [5, 5.41) is 7.84. The second kappa shape index (κ2) is 4.46. The molecule has 1 N–H and O–H groups in total. The van der Waals surface area contributed by atoms with Gasteiger partial charge in [-0.2, -0.15) is 5.10 Å². The van der Waals surface area contributed by atoms with E-state index < -0.39 is 0 Å². The second-order valence-corrected chi connectivity index (χ2v) is 4.56. The number of ether oxygens (including phenoxy) is 1. The van der Waals surface area contributed by atoms with Gasteiger partial charge >= 0.3 is 0 Å². The van der Waals surface area contributed by atoms with E-state index in [2.05, 4.69) is 34.7 Å². The summed E-state index contributed by atoms with van der Waals surface area (Å²) >= 11 is 0. The summed E-state index contributed by atoms with van der Waals surface area (Å²) in [7, 11) is 3.64. The minimum absolute atomic E-state index is 0.164. The predicted octanol–water partition coefficient (Wildman–Crippen LogP) is 1.66. The molecule has 2 heterocycles. The Balaban J connectivity index is 2.11. The lowest BCUT2D eigenvalue weighted by Gasteiger charge is -2.27. The zero-order valence-electron chi connectivity index (χ0n) is 10.7. The third-order valence-electron chi connectivity index (χ3n) is 3.55. The molecule has 4 heteroatoms. The number of aryl methyl sites for hydroxylation is 1. The number of hydrogen-bond donors (Lipinski definition) is 1. The molecule has 1 unspecified atom stereocenters. The van der Waals surface area contributed by atoms with Crippen molar-refractivity contribution in [3.63, 3.8) is 0 Å². The van der Waals surface area contributed by atoms with Crippen LogP contribution in [0.25, 0.3) is 0 Å². The average molecular weight is 243 g/mol. The summed E-state index contributed by atoms with van der Waals surface area (Å²) in [5.41, 5.74) is 3.82. The van der Waals surface area contributed by atoms with Crippen molar-refractivity contribution in [1.82, 2.24) is 15.1 Å². The van der Waals surface area contributed by atoms with Crippen molar-refractivity contribution in [2.24, 2.45) is 7.05 Å². The molecule has 18 heavy (non-hydrogen) atoms. The quantitative estimate of drug-likeness (QED) is 0.872. The molecule has 0 radical (unpaired) electrons. The molecule has 1 atom stereocenters. The van der Waals surface area contributed by atoms with E-state index in [1.807, 2.05) is 11.7 Å². The van der Waals surface area contributed by atoms with E-state index in [9.17, 15) is 0 Å². The van der Waals surface area contributed by atoms with Gasteiger partial charge in [-0.25, -0.2) is 0 Å². The van der Waals surface area contributed by atoms with Crippen LogP contribution >= 0.6 is 0 Å². The number of rotatable bonds is 2. The first-order chi connectivity index (χ1) is 8.81. The minimum Gasteiger partial charge on any atom is -0.493 e. The normalized spacial score (nSPS) is 18.4. The minimum atomic E-state index is 0.164. The first kappa shape index (κ1) is 11.3. The van der Waals surface area contributed by atoms with Gasteiger partial charge in [-0.1, -0.05) is 24.3 Å². The van der Waals surface area contributed by atoms with Gasteiger partial charge in [-0.3, -0.25) is 4.68 Å². The Hall–Kier alpha value is -1.81. The second-order valence-electron chi connectivity index (χ2n) is 4.56. The van der Waals surface area contributed by atoms with Gasteiger partial charge in [-0.05, 0) is 17.5 Å². The molecule has 0 amide bonds. The zero-order valence-corrected chi connectivity index (χ0v) is 10.7. The molecule has 0 spiro atoms. The molecule has 0 bridgehead atoms. The van der Waals surface area contributed by atoms with Gasteiger partial charge < -0.3 is 10.1 Å². The van der Waals surface area contributed by atoms with Crippen LogP contribution in [0, 0.1) is 0 Å². The molecule has 1 aliphatic rings. The molecule has 94 valence electrons. The fraction of sp³-hybridized carbons (Fsp3) is 0.357. The lowest BCUT2D eigenvalue weighted by Crippen LogP contribution is -2.32. The molecule has 1 aromatic heterocycles. The Morgan fingerprint density at radius 3 is 3.06 bits per heavy atom. The molecule has 1 aromatic carbocycles. The smallest absolute Gasteiger partial charge is 0.161 e. The Morgan fingerprint density at radius 1 is 1.39 bits per heavy atom. The van der Waals surface area contributed by atoms with Crippen LogP contribution in [-0.2, 0) is 13.5 Å². The van der Waals surface area contributed by atoms with E-state index in [1.54, 1.807) is 13.3 Å². The monoisotopic (exact) mass is 243 g/mol. The van der Waals surface area contributed by atoms with E-state index in [1.165, 1.54) is 11.1 Å². The van der Waals surface area contributed by atoms with Crippen LogP contribution in [-0.4, -0.2) is 23.4 Å². The standard InChI is InChI=1S/C14H17N3O/c1-17-14(12(18-2)9-16-17)13-11-6-4-3-5-10(11)7-8-15-13/h3-6,9,13,15H,7-8H2,1-2H3. The van der Waals surface area contributed by atoms with Crippen molar-refractivity contribution in [3.8, 4) is 5.75 Å². The molecular formula is C14H17N3O. The van der Waals surface area contributed by atoms with Gasteiger partial charge in [0.15, 0.2) is 5.75 Å². The van der Waals surface area contributed by atoms with Crippen LogP contribution in [0.2, 0.25) is 0 Å². The SMILES string of the molecule is COc1cnn(C)c1C1NCCc2ccccc21. The van der Waals surface area contributed by atoms with Crippen molar-refractivity contribution >= 4 is 0 Å². The number of methoxy groups -OCH3 is 1. The van der Waals surface area contributed by atoms with Gasteiger partial charge in [0, 0.05) is 13.6 Å². The topological polar surface area (TPSA) is 39.1 Å². The van der Waals surface area contributed by atoms with Crippen LogP contribution in [0.3, 0.4) is 0 Å². The van der Waals surface area contributed by atoms with Crippen molar-refractivity contribution in [1.29, 1.82) is 0 Å². The Labute approximate surface area is 107 Å². The summed E-state index contributed by atoms with van der Waals surface area (Å²) < 4.78 is 7.30. The van der Waals surface area contributed by atoms with Gasteiger partial charge in [-0.15, -0.1) is 0 Å². The number of hydrogen-bond acceptors (Lipinski definition) is 3. The lowest BCUT2D eigenvalue weighted by molar-refractivity contribution is 0.398. The van der Waals surface area contributed by atoms with Crippen LogP contribution in [0.1, 0.15) is 22.9 Å². The van der Waals surface area contributed by atoms with Crippen LogP contribution in [0.15, 0.2) is 30.5 Å². The third kappa shape index (κ3) is 1.69. The Morgan fingerprint density at radius 2 is 2.22 bits per heavy atom. The molecule has 0 aliphatic carbocycles. The van der Waals surface area contributed by atoms with Gasteiger partial charge in [0.2, 0.25) is 0 Å². The summed E-state index contributed by atoms with van der Waals surface area (Å²) in [6.07, 6.45) is 2.85. The van der Waals surface area contributed by atoms with Crippen molar-refractivity contribution in [2.45, 2.75) is 12.5 Å². The Bertz CT molecular complexity index is 562. The summed E-state index contributed by atoms with van der Waals surface area (Å²) in [4.78, 5) is 0. The summed E-state index contributed by atoms with van der Waals surface area (Å²) in [6.45, 7) is 0.982. The Kier molecular flexibility index (Phi) is 2.80. The summed E-state index contributed by atoms with van der Waals surface area (Å²) in [6, 6.07) is 8.73. The predicted molar refractivity (Wildman–Crippen MR) is 69.8 cm³/mol. The summed E-state index contributed by atoms with van der Waals surface area (Å²) in [5.74, 6) is 0.840. The fourth-order valence-corrected chi connectivity index (χ4v) is 2.66. The highest BCUT2D eigenvalue weighted by atomic mass is 16.5. The lowest BCUT2D eigenvalue weighted by atomic mass is 9.92. The molecule has 0 fully saturated rings. The van der Waals surface area contributed by atoms with E-state index in [0.717, 1.165) is 24.4 Å². The van der Waals surface area contributed by atoms with Crippen LogP contribution in [0.4, 0.5) is 0 Å². The highest BCUT2D eigenvalue weighted by Gasteiger charge is 2.26. The van der Waals surface area contributed by atoms with Crippen molar-refractivity contribution in [2.75, 3.05) is 13.7 Å². The van der Waals surface area contributed by atoms with E-state index in [-0.39, 0.29) is 6.04 Å². The van der Waals surface area contributed by atoms with Crippen LogP contribution < -0.4 is 10.1 Å². The molecular weight excluding hydrogens is 226 g/mol. The highest BCUT2D eigenvalue weighted by molar-refractivity contribution is 5.41. The van der Waals surface area contributed by atoms with E-state index in [4.69, 9.17) is 4.74 Å². The number of nitrogens with zero attached hydrogens (tertiary/aromatic N) is 2. The molecule has 3 rings (SSSR count). The largest absolute Gasteiger partial charge is 0.493 e. The highest BCUT2D eigenvalue weighted by Crippen LogP contribution is 2.33. The zero-order chi connectivity index (χ0) is 12.5. The molecule has 0 saturated heterocycles. The molecule has 4 nitrogen and oxygen atoms in total. The molecule has 0 saturated carbocycles. The van der Waals surface area contributed by atoms with Gasteiger partial charge in [0.05, 0.1) is 19.3 Å². The average Bonchev–Trinajstić information content (AvgIpc) is 2.79. The maximum atomic E-state index is 5.41. The maximum absolute atomic E-state index is 5.41. The van der Waals surface area contributed by atoms with Crippen molar-refractivity contribution < 1.29 is 4.74 Å². The molecule has 2 aromatic rings. The first-order valence-corrected chi connectivity index (χ1v) is 6.18. The molecule has 1 aliphatic heterocycles. The van der Waals surface area contributed by atoms with E-state index in [0.29, 0.717) is 0 Å². The number of benzene rings is 1. The third-order valence-corrected chi connectivity index (χ3v) is 3.55. The van der Waals surface area contributed by atoms with Gasteiger partial charge in [0.1, 0.15) is 5.69 Å². The van der Waals surface area contributed by atoms with Crippen molar-refractivity contribution in [3.05, 3.63) is 47.3 Å².